The predicted molar refractivity (Wildman–Crippen MR) is 123 cm³/mol. The maximum Gasteiger partial charge on any atom is 0.276 e. The van der Waals surface area contributed by atoms with Crippen LogP contribution >= 0.6 is 0 Å². The van der Waals surface area contributed by atoms with Gasteiger partial charge < -0.3 is 9.80 Å². The fourth-order valence-corrected chi connectivity index (χ4v) is 5.79. The van der Waals surface area contributed by atoms with Crippen molar-refractivity contribution < 1.29 is 19.2 Å². The van der Waals surface area contributed by atoms with Crippen LogP contribution in [0.4, 0.5) is 0 Å². The van der Waals surface area contributed by atoms with Gasteiger partial charge in [0.15, 0.2) is 5.69 Å². The quantitative estimate of drug-likeness (QED) is 0.633. The van der Waals surface area contributed by atoms with E-state index in [9.17, 15) is 19.2 Å². The van der Waals surface area contributed by atoms with Crippen molar-refractivity contribution in [2.24, 2.45) is 0 Å². The molecule has 4 aliphatic rings. The fourth-order valence-electron chi connectivity index (χ4n) is 5.79. The molecule has 1 aromatic carbocycles. The number of fused-ring (bicyclic) bond motifs is 1. The molecule has 11 nitrogen and oxygen atoms in total. The van der Waals surface area contributed by atoms with Crippen molar-refractivity contribution in [3.63, 3.8) is 0 Å². The second-order valence-electron chi connectivity index (χ2n) is 10.1. The van der Waals surface area contributed by atoms with Crippen LogP contribution in [-0.4, -0.2) is 91.6 Å². The zero-order valence-electron chi connectivity index (χ0n) is 19.6. The SMILES string of the molecule is CN1CCCCC12CN(C(=O)c1cn(-c3ccc4c(c3)CN(C3CCC(=O)NC3=O)C4=O)nn1)C2. The van der Waals surface area contributed by atoms with Gasteiger partial charge in [-0.15, -0.1) is 5.10 Å². The van der Waals surface area contributed by atoms with E-state index in [1.807, 2.05) is 11.0 Å². The molecule has 2 aromatic rings. The van der Waals surface area contributed by atoms with Gasteiger partial charge >= 0.3 is 0 Å². The molecule has 11 heteroatoms. The van der Waals surface area contributed by atoms with Crippen LogP contribution in [0.15, 0.2) is 24.4 Å². The van der Waals surface area contributed by atoms with Crippen molar-refractivity contribution in [1.82, 2.24) is 35.0 Å². The van der Waals surface area contributed by atoms with E-state index in [1.54, 1.807) is 18.3 Å². The maximum atomic E-state index is 13.0. The molecular weight excluding hydrogens is 450 g/mol. The Labute approximate surface area is 202 Å². The van der Waals surface area contributed by atoms with Crippen LogP contribution < -0.4 is 5.32 Å². The van der Waals surface area contributed by atoms with Gasteiger partial charge in [-0.1, -0.05) is 11.6 Å². The highest BCUT2D eigenvalue weighted by Gasteiger charge is 2.49. The molecule has 3 saturated heterocycles. The molecule has 4 aliphatic heterocycles. The number of amides is 4. The minimum atomic E-state index is -0.658. The van der Waals surface area contributed by atoms with Crippen LogP contribution in [-0.2, 0) is 16.1 Å². The van der Waals surface area contributed by atoms with Gasteiger partial charge in [-0.05, 0) is 56.6 Å². The van der Waals surface area contributed by atoms with Crippen molar-refractivity contribution in [3.05, 3.63) is 41.2 Å². The number of carbonyl (C=O) groups excluding carboxylic acids is 4. The number of imide groups is 1. The number of likely N-dealkylation sites (tertiary alicyclic amines) is 2. The molecule has 3 fully saturated rings. The molecule has 5 heterocycles. The Morgan fingerprint density at radius 3 is 2.77 bits per heavy atom. The number of benzene rings is 1. The summed E-state index contributed by atoms with van der Waals surface area (Å²) in [6, 6.07) is 4.64. The minimum Gasteiger partial charge on any atom is -0.333 e. The van der Waals surface area contributed by atoms with Gasteiger partial charge in [-0.25, -0.2) is 4.68 Å². The molecule has 1 spiro atoms. The molecule has 35 heavy (non-hydrogen) atoms. The summed E-state index contributed by atoms with van der Waals surface area (Å²) < 4.78 is 1.54. The van der Waals surface area contributed by atoms with E-state index in [-0.39, 0.29) is 36.2 Å². The van der Waals surface area contributed by atoms with E-state index in [2.05, 4.69) is 27.6 Å². The Hall–Kier alpha value is -3.60. The molecule has 4 amide bonds. The highest BCUT2D eigenvalue weighted by atomic mass is 16.2. The summed E-state index contributed by atoms with van der Waals surface area (Å²) in [6.07, 6.45) is 5.67. The summed E-state index contributed by atoms with van der Waals surface area (Å²) in [5, 5.41) is 10.6. The molecule has 1 unspecified atom stereocenters. The van der Waals surface area contributed by atoms with Gasteiger partial charge in [-0.2, -0.15) is 0 Å². The van der Waals surface area contributed by atoms with Gasteiger partial charge in [0.05, 0.1) is 17.4 Å². The Bertz CT molecular complexity index is 1250. The van der Waals surface area contributed by atoms with E-state index in [4.69, 9.17) is 0 Å². The third-order valence-electron chi connectivity index (χ3n) is 7.94. The highest BCUT2D eigenvalue weighted by molar-refractivity contribution is 6.05. The Morgan fingerprint density at radius 1 is 1.17 bits per heavy atom. The Balaban J connectivity index is 1.16. The number of likely N-dealkylation sites (N-methyl/N-ethyl adjacent to an activating group) is 1. The average Bonchev–Trinajstić information content (AvgIpc) is 3.43. The monoisotopic (exact) mass is 477 g/mol. The van der Waals surface area contributed by atoms with Gasteiger partial charge in [-0.3, -0.25) is 29.4 Å². The zero-order chi connectivity index (χ0) is 24.3. The van der Waals surface area contributed by atoms with Crippen LogP contribution in [0.25, 0.3) is 5.69 Å². The van der Waals surface area contributed by atoms with Crippen LogP contribution in [0.5, 0.6) is 0 Å². The third kappa shape index (κ3) is 3.53. The lowest BCUT2D eigenvalue weighted by Crippen LogP contribution is -2.71. The lowest BCUT2D eigenvalue weighted by Gasteiger charge is -2.56. The summed E-state index contributed by atoms with van der Waals surface area (Å²) in [7, 11) is 2.14. The van der Waals surface area contributed by atoms with Crippen molar-refractivity contribution in [3.8, 4) is 5.69 Å². The number of carbonyl (C=O) groups is 4. The van der Waals surface area contributed by atoms with Crippen LogP contribution in [0.3, 0.4) is 0 Å². The first-order chi connectivity index (χ1) is 16.8. The van der Waals surface area contributed by atoms with Crippen molar-refractivity contribution >= 4 is 23.6 Å². The van der Waals surface area contributed by atoms with Crippen molar-refractivity contribution in [2.45, 2.75) is 50.2 Å². The standard InChI is InChI=1S/C24H27N7O4/c1-28-9-3-2-8-24(28)13-29(14-24)23(35)18-12-31(27-26-18)16-4-5-17-15(10-16)11-30(22(17)34)19-6-7-20(32)25-21(19)33/h4-5,10,12,19H,2-3,6-9,11,13-14H2,1H3,(H,25,32,33). The van der Waals surface area contributed by atoms with Gasteiger partial charge in [0.25, 0.3) is 11.8 Å². The number of hydrogen-bond acceptors (Lipinski definition) is 7. The van der Waals surface area contributed by atoms with E-state index in [0.717, 1.165) is 18.5 Å². The number of hydrogen-bond donors (Lipinski definition) is 1. The molecule has 182 valence electrons. The minimum absolute atomic E-state index is 0.102. The molecule has 0 radical (unpaired) electrons. The predicted octanol–water partition coefficient (Wildman–Crippen LogP) is 0.339. The zero-order valence-corrected chi connectivity index (χ0v) is 19.6. The number of nitrogens with zero attached hydrogens (tertiary/aromatic N) is 6. The van der Waals surface area contributed by atoms with E-state index in [0.29, 0.717) is 36.5 Å². The second-order valence-corrected chi connectivity index (χ2v) is 10.1. The van der Waals surface area contributed by atoms with Crippen LogP contribution in [0.2, 0.25) is 0 Å². The maximum absolute atomic E-state index is 13.0. The Kier molecular flexibility index (Phi) is 4.99. The van der Waals surface area contributed by atoms with Gasteiger partial charge in [0.1, 0.15) is 6.04 Å². The molecule has 1 atom stereocenters. The summed E-state index contributed by atoms with van der Waals surface area (Å²) in [5.74, 6) is -1.10. The second kappa shape index (κ2) is 7.98. The number of rotatable bonds is 3. The molecule has 6 rings (SSSR count). The number of aromatic nitrogens is 3. The third-order valence-corrected chi connectivity index (χ3v) is 7.94. The summed E-state index contributed by atoms with van der Waals surface area (Å²) in [6.45, 7) is 2.77. The van der Waals surface area contributed by atoms with E-state index in [1.165, 1.54) is 22.4 Å². The first kappa shape index (κ1) is 21.9. The first-order valence-electron chi connectivity index (χ1n) is 12.1. The number of nitrogens with one attached hydrogen (secondary N) is 1. The van der Waals surface area contributed by atoms with Crippen molar-refractivity contribution in [2.75, 3.05) is 26.7 Å². The fraction of sp³-hybridized carbons (Fsp3) is 0.500. The smallest absolute Gasteiger partial charge is 0.276 e. The van der Waals surface area contributed by atoms with Gasteiger partial charge in [0, 0.05) is 31.6 Å². The molecule has 1 aromatic heterocycles. The van der Waals surface area contributed by atoms with E-state index < -0.39 is 11.9 Å². The highest BCUT2D eigenvalue weighted by Crippen LogP contribution is 2.36. The van der Waals surface area contributed by atoms with Crippen LogP contribution in [0.1, 0.15) is 58.5 Å². The molecular formula is C24H27N7O4. The summed E-state index contributed by atoms with van der Waals surface area (Å²) in [4.78, 5) is 55.3. The van der Waals surface area contributed by atoms with Crippen molar-refractivity contribution in [1.29, 1.82) is 0 Å². The van der Waals surface area contributed by atoms with Gasteiger partial charge in [0.2, 0.25) is 11.8 Å². The summed E-state index contributed by atoms with van der Waals surface area (Å²) >= 11 is 0. The largest absolute Gasteiger partial charge is 0.333 e. The topological polar surface area (TPSA) is 121 Å². The lowest BCUT2D eigenvalue weighted by molar-refractivity contribution is -0.136. The van der Waals surface area contributed by atoms with Crippen LogP contribution in [0, 0.1) is 0 Å². The summed E-state index contributed by atoms with van der Waals surface area (Å²) in [5.41, 5.74) is 2.37. The average molecular weight is 478 g/mol. The van der Waals surface area contributed by atoms with E-state index >= 15 is 0 Å². The normalized spacial score (nSPS) is 23.9. The number of piperidine rings is 2. The molecule has 1 N–H and O–H groups in total. The first-order valence-corrected chi connectivity index (χ1v) is 12.1. The molecule has 0 saturated carbocycles. The molecule has 0 bridgehead atoms. The Morgan fingerprint density at radius 2 is 2.00 bits per heavy atom. The molecule has 0 aliphatic carbocycles. The lowest BCUT2D eigenvalue weighted by atomic mass is 9.80.